The average Bonchev–Trinajstić information content (AvgIpc) is 2.54. The Bertz CT molecular complexity index is 600. The van der Waals surface area contributed by atoms with Gasteiger partial charge in [-0.05, 0) is 31.0 Å². The summed E-state index contributed by atoms with van der Waals surface area (Å²) in [6.07, 6.45) is 1.09. The zero-order chi connectivity index (χ0) is 17.0. The van der Waals surface area contributed by atoms with Gasteiger partial charge in [0.25, 0.3) is 0 Å². The molecule has 23 heavy (non-hydrogen) atoms. The summed E-state index contributed by atoms with van der Waals surface area (Å²) in [6.45, 7) is 3.74. The van der Waals surface area contributed by atoms with Gasteiger partial charge in [0.1, 0.15) is 22.8 Å². The van der Waals surface area contributed by atoms with Crippen molar-refractivity contribution in [2.45, 2.75) is 38.9 Å². The largest absolute Gasteiger partial charge is 0.535 e. The molecule has 1 aromatic carbocycles. The van der Waals surface area contributed by atoms with Gasteiger partial charge in [-0.3, -0.25) is 4.79 Å². The highest BCUT2D eigenvalue weighted by molar-refractivity contribution is 6.47. The van der Waals surface area contributed by atoms with Gasteiger partial charge < -0.3 is 19.2 Å². The second kappa shape index (κ2) is 7.50. The van der Waals surface area contributed by atoms with Crippen LogP contribution in [-0.4, -0.2) is 37.6 Å². The topological polar surface area (TPSA) is 82.1 Å². The van der Waals surface area contributed by atoms with Crippen LogP contribution in [0.25, 0.3) is 0 Å². The van der Waals surface area contributed by atoms with Gasteiger partial charge in [0, 0.05) is 18.7 Å². The number of Topliss-reactive ketones (excluding diaryl/α,β-unsaturated/α-hetero) is 1. The monoisotopic (exact) mass is 320 g/mol. The van der Waals surface area contributed by atoms with E-state index >= 15 is 0 Å². The lowest BCUT2D eigenvalue weighted by molar-refractivity contribution is -0.118. The quantitative estimate of drug-likeness (QED) is 0.638. The van der Waals surface area contributed by atoms with Crippen LogP contribution in [0, 0.1) is 0 Å². The van der Waals surface area contributed by atoms with Crippen LogP contribution in [0.4, 0.5) is 0 Å². The molecule has 2 rings (SSSR count). The molecule has 7 heteroatoms. The second-order valence-electron chi connectivity index (χ2n) is 5.45. The molecule has 1 N–H and O–H groups in total. The molecule has 0 spiro atoms. The SMILES string of the molecule is CCOC(=O)c1cc(OC)cc2c1OB(O)[C@@H](CC(=O)CC)C2. The van der Waals surface area contributed by atoms with E-state index in [9.17, 15) is 14.6 Å². The Hall–Kier alpha value is -2.02. The summed E-state index contributed by atoms with van der Waals surface area (Å²) in [7, 11) is 0.382. The minimum atomic E-state index is -1.13. The summed E-state index contributed by atoms with van der Waals surface area (Å²) in [6, 6.07) is 3.29. The van der Waals surface area contributed by atoms with E-state index < -0.39 is 13.1 Å². The number of carbonyl (C=O) groups excluding carboxylic acids is 2. The van der Waals surface area contributed by atoms with E-state index in [0.29, 0.717) is 24.3 Å². The zero-order valence-electron chi connectivity index (χ0n) is 13.6. The first-order chi connectivity index (χ1) is 11.0. The van der Waals surface area contributed by atoms with Crippen molar-refractivity contribution >= 4 is 18.9 Å². The fourth-order valence-electron chi connectivity index (χ4n) is 2.64. The maximum atomic E-state index is 12.1. The molecule has 0 bridgehead atoms. The lowest BCUT2D eigenvalue weighted by Gasteiger charge is -2.28. The molecule has 0 aromatic heterocycles. The van der Waals surface area contributed by atoms with Gasteiger partial charge in [0.05, 0.1) is 13.7 Å². The number of ketones is 1. The summed E-state index contributed by atoms with van der Waals surface area (Å²) >= 11 is 0. The molecule has 6 nitrogen and oxygen atoms in total. The standard InChI is InChI=1S/C16H21BO6/c1-4-12(18)8-11-6-10-7-13(21-3)9-14(16(19)22-5-2)15(10)23-17(11)20/h7,9,11,20H,4-6,8H2,1-3H3/t11-/m1/s1. The number of hydrogen-bond donors (Lipinski definition) is 1. The van der Waals surface area contributed by atoms with E-state index in [0.717, 1.165) is 5.56 Å². The minimum Gasteiger partial charge on any atom is -0.535 e. The molecule has 1 aliphatic rings. The second-order valence-corrected chi connectivity index (χ2v) is 5.45. The highest BCUT2D eigenvalue weighted by Crippen LogP contribution is 2.39. The Kier molecular flexibility index (Phi) is 5.66. The van der Waals surface area contributed by atoms with Gasteiger partial charge in [-0.1, -0.05) is 6.92 Å². The van der Waals surface area contributed by atoms with Gasteiger partial charge in [0.15, 0.2) is 0 Å². The number of ether oxygens (including phenoxy) is 2. The highest BCUT2D eigenvalue weighted by Gasteiger charge is 2.38. The van der Waals surface area contributed by atoms with Crippen molar-refractivity contribution in [3.63, 3.8) is 0 Å². The van der Waals surface area contributed by atoms with Crippen LogP contribution in [0.15, 0.2) is 12.1 Å². The van der Waals surface area contributed by atoms with E-state index in [2.05, 4.69) is 0 Å². The number of esters is 1. The molecule has 0 unspecified atom stereocenters. The molecule has 0 radical (unpaired) electrons. The van der Waals surface area contributed by atoms with E-state index in [1.807, 2.05) is 0 Å². The van der Waals surface area contributed by atoms with Gasteiger partial charge in [0.2, 0.25) is 0 Å². The first kappa shape index (κ1) is 17.3. The Morgan fingerprint density at radius 3 is 2.74 bits per heavy atom. The van der Waals surface area contributed by atoms with E-state index in [1.165, 1.54) is 13.2 Å². The van der Waals surface area contributed by atoms with Crippen molar-refractivity contribution in [2.75, 3.05) is 13.7 Å². The molecule has 0 fully saturated rings. The fraction of sp³-hybridized carbons (Fsp3) is 0.500. The summed E-state index contributed by atoms with van der Waals surface area (Å²) in [5.41, 5.74) is 0.951. The van der Waals surface area contributed by atoms with Crippen molar-refractivity contribution in [1.82, 2.24) is 0 Å². The molecule has 124 valence electrons. The van der Waals surface area contributed by atoms with Crippen molar-refractivity contribution in [3.8, 4) is 11.5 Å². The van der Waals surface area contributed by atoms with Gasteiger partial charge >= 0.3 is 13.1 Å². The number of rotatable bonds is 6. The predicted molar refractivity (Wildman–Crippen MR) is 84.9 cm³/mol. The Balaban J connectivity index is 2.36. The van der Waals surface area contributed by atoms with Gasteiger partial charge in [-0.15, -0.1) is 0 Å². The van der Waals surface area contributed by atoms with E-state index in [1.54, 1.807) is 19.9 Å². The fourth-order valence-corrected chi connectivity index (χ4v) is 2.64. The molecule has 0 saturated heterocycles. The zero-order valence-corrected chi connectivity index (χ0v) is 13.6. The minimum absolute atomic E-state index is 0.0645. The number of fused-ring (bicyclic) bond motifs is 1. The summed E-state index contributed by atoms with van der Waals surface area (Å²) in [4.78, 5) is 23.8. The van der Waals surface area contributed by atoms with Crippen LogP contribution in [0.1, 0.15) is 42.6 Å². The first-order valence-corrected chi connectivity index (χ1v) is 7.74. The summed E-state index contributed by atoms with van der Waals surface area (Å²) < 4.78 is 15.8. The molecule has 1 heterocycles. The molecule has 1 aliphatic heterocycles. The van der Waals surface area contributed by atoms with Crippen LogP contribution < -0.4 is 9.39 Å². The third kappa shape index (κ3) is 3.85. The molecule has 0 saturated carbocycles. The normalized spacial score (nSPS) is 16.3. The molecule has 0 amide bonds. The van der Waals surface area contributed by atoms with Crippen LogP contribution in [-0.2, 0) is 16.0 Å². The molecule has 0 aliphatic carbocycles. The Labute approximate surface area is 135 Å². The third-order valence-corrected chi connectivity index (χ3v) is 3.88. The third-order valence-electron chi connectivity index (χ3n) is 3.88. The molecular weight excluding hydrogens is 299 g/mol. The average molecular weight is 320 g/mol. The maximum absolute atomic E-state index is 12.1. The first-order valence-electron chi connectivity index (χ1n) is 7.74. The van der Waals surface area contributed by atoms with Crippen molar-refractivity contribution < 1.29 is 28.7 Å². The lowest BCUT2D eigenvalue weighted by Crippen LogP contribution is -2.36. The van der Waals surface area contributed by atoms with E-state index in [4.69, 9.17) is 14.1 Å². The number of benzene rings is 1. The van der Waals surface area contributed by atoms with Crippen molar-refractivity contribution in [2.24, 2.45) is 0 Å². The van der Waals surface area contributed by atoms with E-state index in [-0.39, 0.29) is 30.2 Å². The van der Waals surface area contributed by atoms with Crippen LogP contribution in [0.3, 0.4) is 0 Å². The smallest absolute Gasteiger partial charge is 0.526 e. The van der Waals surface area contributed by atoms with Crippen molar-refractivity contribution in [3.05, 3.63) is 23.3 Å². The molecule has 1 aromatic rings. The maximum Gasteiger partial charge on any atom is 0.526 e. The number of hydrogen-bond acceptors (Lipinski definition) is 6. The predicted octanol–water partition coefficient (Wildman–Crippen LogP) is 2.03. The molecular formula is C16H21BO6. The van der Waals surface area contributed by atoms with Crippen LogP contribution in [0.2, 0.25) is 5.82 Å². The van der Waals surface area contributed by atoms with Gasteiger partial charge in [-0.25, -0.2) is 4.79 Å². The Morgan fingerprint density at radius 1 is 1.39 bits per heavy atom. The number of carbonyl (C=O) groups is 2. The van der Waals surface area contributed by atoms with Gasteiger partial charge in [-0.2, -0.15) is 0 Å². The van der Waals surface area contributed by atoms with Crippen molar-refractivity contribution in [1.29, 1.82) is 0 Å². The van der Waals surface area contributed by atoms with Crippen LogP contribution >= 0.6 is 0 Å². The molecule has 1 atom stereocenters. The highest BCUT2D eigenvalue weighted by atomic mass is 16.5. The summed E-state index contributed by atoms with van der Waals surface area (Å²) in [5.74, 6) is 0.00829. The lowest BCUT2D eigenvalue weighted by atomic mass is 9.64. The summed E-state index contributed by atoms with van der Waals surface area (Å²) in [5, 5.41) is 10.2. The number of methoxy groups -OCH3 is 1. The van der Waals surface area contributed by atoms with Crippen LogP contribution in [0.5, 0.6) is 11.5 Å². The Morgan fingerprint density at radius 2 is 2.13 bits per heavy atom.